The van der Waals surface area contributed by atoms with E-state index in [1.807, 2.05) is 45.0 Å². The van der Waals surface area contributed by atoms with Gasteiger partial charge in [0.1, 0.15) is 11.4 Å². The van der Waals surface area contributed by atoms with Gasteiger partial charge in [0, 0.05) is 22.9 Å². The summed E-state index contributed by atoms with van der Waals surface area (Å²) in [6.07, 6.45) is 1.51. The standard InChI is InChI=1S/C19H20F2N2O2/c1-11-9-13(10-22-17(11)24-18(20)21)16-14-7-5-6-8-15(14)25-19(3,4)12(2)23-16/h5-10,12,18H,1-4H3. The van der Waals surface area contributed by atoms with Crippen LogP contribution in [0.3, 0.4) is 0 Å². The SMILES string of the molecule is Cc1cc(C2=NC(C)C(C)(C)Oc3ccccc32)cnc1OC(F)F. The largest absolute Gasteiger partial charge is 0.485 e. The third-order valence-corrected chi connectivity index (χ3v) is 4.35. The summed E-state index contributed by atoms with van der Waals surface area (Å²) < 4.78 is 35.5. The fourth-order valence-electron chi connectivity index (χ4n) is 2.67. The van der Waals surface area contributed by atoms with Gasteiger partial charge in [-0.25, -0.2) is 4.98 Å². The smallest absolute Gasteiger partial charge is 0.388 e. The van der Waals surface area contributed by atoms with Gasteiger partial charge in [-0.3, -0.25) is 4.99 Å². The van der Waals surface area contributed by atoms with Crippen molar-refractivity contribution in [1.29, 1.82) is 0 Å². The molecule has 0 saturated heterocycles. The Morgan fingerprint density at radius 3 is 2.64 bits per heavy atom. The van der Waals surface area contributed by atoms with Gasteiger partial charge in [0.15, 0.2) is 0 Å². The average Bonchev–Trinajstić information content (AvgIpc) is 2.63. The van der Waals surface area contributed by atoms with Crippen LogP contribution in [0.15, 0.2) is 41.5 Å². The molecule has 1 aromatic carbocycles. The van der Waals surface area contributed by atoms with Crippen LogP contribution in [-0.2, 0) is 0 Å². The Balaban J connectivity index is 2.10. The van der Waals surface area contributed by atoms with E-state index in [9.17, 15) is 8.78 Å². The Kier molecular flexibility index (Phi) is 4.45. The van der Waals surface area contributed by atoms with Crippen LogP contribution < -0.4 is 9.47 Å². The van der Waals surface area contributed by atoms with Crippen molar-refractivity contribution in [2.24, 2.45) is 4.99 Å². The number of aryl methyl sites for hydroxylation is 1. The average molecular weight is 346 g/mol. The second-order valence-corrected chi connectivity index (χ2v) is 6.58. The fraction of sp³-hybridized carbons (Fsp3) is 0.368. The third-order valence-electron chi connectivity index (χ3n) is 4.35. The van der Waals surface area contributed by atoms with Crippen molar-refractivity contribution in [1.82, 2.24) is 4.98 Å². The summed E-state index contributed by atoms with van der Waals surface area (Å²) in [7, 11) is 0. The van der Waals surface area contributed by atoms with E-state index in [4.69, 9.17) is 9.73 Å². The van der Waals surface area contributed by atoms with Gasteiger partial charge in [-0.2, -0.15) is 8.78 Å². The first-order chi connectivity index (χ1) is 11.8. The molecule has 0 saturated carbocycles. The molecule has 1 aromatic heterocycles. The monoisotopic (exact) mass is 346 g/mol. The van der Waals surface area contributed by atoms with Gasteiger partial charge in [0.2, 0.25) is 5.88 Å². The predicted molar refractivity (Wildman–Crippen MR) is 91.9 cm³/mol. The number of rotatable bonds is 3. The summed E-state index contributed by atoms with van der Waals surface area (Å²) in [6.45, 7) is 4.75. The zero-order chi connectivity index (χ0) is 18.2. The molecule has 6 heteroatoms. The first kappa shape index (κ1) is 17.3. The Morgan fingerprint density at radius 2 is 1.96 bits per heavy atom. The molecule has 1 unspecified atom stereocenters. The Bertz CT molecular complexity index is 819. The summed E-state index contributed by atoms with van der Waals surface area (Å²) in [4.78, 5) is 8.87. The normalized spacial score (nSPS) is 18.8. The van der Waals surface area contributed by atoms with Gasteiger partial charge in [0.25, 0.3) is 0 Å². The third kappa shape index (κ3) is 3.48. The molecule has 0 spiro atoms. The van der Waals surface area contributed by atoms with Crippen molar-refractivity contribution in [2.75, 3.05) is 0 Å². The summed E-state index contributed by atoms with van der Waals surface area (Å²) >= 11 is 0. The molecule has 0 N–H and O–H groups in total. The van der Waals surface area contributed by atoms with Crippen molar-refractivity contribution in [3.8, 4) is 11.6 Å². The number of aliphatic imine (C=N–C) groups is 1. The minimum absolute atomic E-state index is 0.0779. The number of hydrogen-bond donors (Lipinski definition) is 0. The first-order valence-electron chi connectivity index (χ1n) is 8.06. The van der Waals surface area contributed by atoms with E-state index in [0.717, 1.165) is 22.6 Å². The lowest BCUT2D eigenvalue weighted by Gasteiger charge is -2.28. The zero-order valence-corrected chi connectivity index (χ0v) is 14.6. The van der Waals surface area contributed by atoms with Crippen LogP contribution in [0.25, 0.3) is 0 Å². The molecule has 132 valence electrons. The van der Waals surface area contributed by atoms with E-state index in [0.29, 0.717) is 5.56 Å². The van der Waals surface area contributed by atoms with Crippen LogP contribution in [0.2, 0.25) is 0 Å². The van der Waals surface area contributed by atoms with Gasteiger partial charge >= 0.3 is 6.61 Å². The molecule has 3 rings (SSSR count). The number of nitrogens with zero attached hydrogens (tertiary/aromatic N) is 2. The Labute approximate surface area is 145 Å². The number of aromatic nitrogens is 1. The molecule has 1 aliphatic heterocycles. The maximum absolute atomic E-state index is 12.4. The van der Waals surface area contributed by atoms with E-state index >= 15 is 0 Å². The van der Waals surface area contributed by atoms with Crippen molar-refractivity contribution < 1.29 is 18.3 Å². The molecule has 25 heavy (non-hydrogen) atoms. The second-order valence-electron chi connectivity index (χ2n) is 6.58. The maximum Gasteiger partial charge on any atom is 0.388 e. The van der Waals surface area contributed by atoms with Crippen LogP contribution >= 0.6 is 0 Å². The maximum atomic E-state index is 12.4. The van der Waals surface area contributed by atoms with Crippen LogP contribution in [-0.4, -0.2) is 29.0 Å². The molecule has 1 atom stereocenters. The number of alkyl halides is 2. The van der Waals surface area contributed by atoms with E-state index in [-0.39, 0.29) is 11.9 Å². The molecule has 0 aliphatic carbocycles. The summed E-state index contributed by atoms with van der Waals surface area (Å²) in [5.41, 5.74) is 2.37. The quantitative estimate of drug-likeness (QED) is 0.828. The molecule has 0 fully saturated rings. The molecule has 0 radical (unpaired) electrons. The Morgan fingerprint density at radius 1 is 1.24 bits per heavy atom. The van der Waals surface area contributed by atoms with Crippen molar-refractivity contribution in [2.45, 2.75) is 45.9 Å². The highest BCUT2D eigenvalue weighted by molar-refractivity contribution is 6.14. The van der Waals surface area contributed by atoms with Gasteiger partial charge in [-0.1, -0.05) is 12.1 Å². The van der Waals surface area contributed by atoms with Gasteiger partial charge in [-0.05, 0) is 45.9 Å². The molecule has 4 nitrogen and oxygen atoms in total. The Hall–Kier alpha value is -2.50. The van der Waals surface area contributed by atoms with Gasteiger partial charge in [0.05, 0.1) is 11.8 Å². The molecule has 2 heterocycles. The minimum Gasteiger partial charge on any atom is -0.485 e. The summed E-state index contributed by atoms with van der Waals surface area (Å²) in [5, 5.41) is 0. The predicted octanol–water partition coefficient (Wildman–Crippen LogP) is 4.39. The van der Waals surface area contributed by atoms with Crippen molar-refractivity contribution in [3.63, 3.8) is 0 Å². The topological polar surface area (TPSA) is 43.7 Å². The number of fused-ring (bicyclic) bond motifs is 1. The number of pyridine rings is 1. The molecule has 0 amide bonds. The lowest BCUT2D eigenvalue weighted by molar-refractivity contribution is -0.0533. The number of halogens is 2. The molecule has 2 aromatic rings. The van der Waals surface area contributed by atoms with E-state index < -0.39 is 12.2 Å². The molecule has 1 aliphatic rings. The number of ether oxygens (including phenoxy) is 2. The number of para-hydroxylation sites is 1. The van der Waals surface area contributed by atoms with Crippen LogP contribution in [0.1, 0.15) is 37.5 Å². The highest BCUT2D eigenvalue weighted by Crippen LogP contribution is 2.33. The van der Waals surface area contributed by atoms with Crippen LogP contribution in [0.4, 0.5) is 8.78 Å². The minimum atomic E-state index is -2.90. The van der Waals surface area contributed by atoms with Crippen molar-refractivity contribution in [3.05, 3.63) is 53.2 Å². The van der Waals surface area contributed by atoms with Crippen molar-refractivity contribution >= 4 is 5.71 Å². The number of benzene rings is 1. The van der Waals surface area contributed by atoms with Crippen LogP contribution in [0, 0.1) is 6.92 Å². The fourth-order valence-corrected chi connectivity index (χ4v) is 2.67. The molecule has 0 bridgehead atoms. The summed E-state index contributed by atoms with van der Waals surface area (Å²) in [5.74, 6) is 0.659. The van der Waals surface area contributed by atoms with E-state index in [1.165, 1.54) is 6.20 Å². The number of hydrogen-bond acceptors (Lipinski definition) is 4. The lowest BCUT2D eigenvalue weighted by atomic mass is 10.00. The van der Waals surface area contributed by atoms with E-state index in [2.05, 4.69) is 9.72 Å². The summed E-state index contributed by atoms with van der Waals surface area (Å²) in [6, 6.07) is 9.30. The molecular weight excluding hydrogens is 326 g/mol. The lowest BCUT2D eigenvalue weighted by Crippen LogP contribution is -2.38. The van der Waals surface area contributed by atoms with Crippen LogP contribution in [0.5, 0.6) is 11.6 Å². The highest BCUT2D eigenvalue weighted by atomic mass is 19.3. The van der Waals surface area contributed by atoms with Gasteiger partial charge in [-0.15, -0.1) is 0 Å². The highest BCUT2D eigenvalue weighted by Gasteiger charge is 2.33. The van der Waals surface area contributed by atoms with E-state index in [1.54, 1.807) is 13.0 Å². The first-order valence-corrected chi connectivity index (χ1v) is 8.06. The molecular formula is C19H20F2N2O2. The zero-order valence-electron chi connectivity index (χ0n) is 14.6. The van der Waals surface area contributed by atoms with Gasteiger partial charge < -0.3 is 9.47 Å². The second kappa shape index (κ2) is 6.43.